The Morgan fingerprint density at radius 1 is 1.14 bits per heavy atom. The van der Waals surface area contributed by atoms with Crippen LogP contribution in [0.3, 0.4) is 0 Å². The van der Waals surface area contributed by atoms with Crippen LogP contribution in [0.5, 0.6) is 0 Å². The third kappa shape index (κ3) is 4.66. The normalized spacial score (nSPS) is 22.3. The number of nitrogens with one attached hydrogen (secondary N) is 1. The summed E-state index contributed by atoms with van der Waals surface area (Å²) >= 11 is 0. The number of carboxylic acid groups (broad SMARTS) is 2. The Labute approximate surface area is 127 Å². The standard InChI is InChI=1S/C13H14FN.C3H4O4/c14-11-3-1-9(2-4-11)10-7-12-5-6-13(8-10)15-12;4-2(5)1-3(6)7/h1-4,7,12-13,15H,5-6,8H2;1H2,(H,4,5)(H,6,7). The molecule has 5 nitrogen and oxygen atoms in total. The first-order valence-corrected chi connectivity index (χ1v) is 7.10. The summed E-state index contributed by atoms with van der Waals surface area (Å²) in [6.07, 6.45) is 5.10. The number of aliphatic carboxylic acids is 2. The van der Waals surface area contributed by atoms with Crippen LogP contribution in [0, 0.1) is 5.82 Å². The van der Waals surface area contributed by atoms with E-state index in [1.165, 1.54) is 24.0 Å². The van der Waals surface area contributed by atoms with Crippen LogP contribution in [0.2, 0.25) is 0 Å². The number of fused-ring (bicyclic) bond motifs is 2. The Hall–Kier alpha value is -2.21. The summed E-state index contributed by atoms with van der Waals surface area (Å²) in [5.74, 6) is -2.78. The third-order valence-electron chi connectivity index (χ3n) is 3.66. The van der Waals surface area contributed by atoms with Gasteiger partial charge in [0.1, 0.15) is 12.2 Å². The van der Waals surface area contributed by atoms with Gasteiger partial charge in [0.15, 0.2) is 0 Å². The van der Waals surface area contributed by atoms with Gasteiger partial charge in [-0.1, -0.05) is 18.2 Å². The number of rotatable bonds is 3. The lowest BCUT2D eigenvalue weighted by Gasteiger charge is -2.21. The first-order chi connectivity index (χ1) is 10.4. The lowest BCUT2D eigenvalue weighted by Crippen LogP contribution is -2.31. The Morgan fingerprint density at radius 2 is 1.77 bits per heavy atom. The Balaban J connectivity index is 0.000000217. The first-order valence-electron chi connectivity index (χ1n) is 7.10. The highest BCUT2D eigenvalue weighted by atomic mass is 19.1. The Kier molecular flexibility index (Phi) is 5.27. The van der Waals surface area contributed by atoms with Crippen molar-refractivity contribution in [1.29, 1.82) is 0 Å². The summed E-state index contributed by atoms with van der Waals surface area (Å²) in [6, 6.07) is 8.03. The molecule has 1 aromatic carbocycles. The SMILES string of the molecule is Fc1ccc(C2=CC3CCC(C2)N3)cc1.O=C(O)CC(=O)O. The zero-order valence-corrected chi connectivity index (χ0v) is 12.0. The van der Waals surface area contributed by atoms with Crippen molar-refractivity contribution in [2.75, 3.05) is 0 Å². The number of halogens is 1. The third-order valence-corrected chi connectivity index (χ3v) is 3.66. The second-order valence-corrected chi connectivity index (χ2v) is 5.41. The second kappa shape index (κ2) is 7.17. The summed E-state index contributed by atoms with van der Waals surface area (Å²) in [5, 5.41) is 19.0. The molecule has 0 amide bonds. The molecule has 0 aliphatic carbocycles. The zero-order valence-electron chi connectivity index (χ0n) is 12.0. The molecule has 2 atom stereocenters. The van der Waals surface area contributed by atoms with Crippen LogP contribution in [0.1, 0.15) is 31.2 Å². The number of carbonyl (C=O) groups is 2. The molecule has 3 rings (SSSR count). The molecule has 2 unspecified atom stereocenters. The van der Waals surface area contributed by atoms with Gasteiger partial charge in [0.05, 0.1) is 0 Å². The molecule has 0 aromatic heterocycles. The molecule has 2 heterocycles. The minimum Gasteiger partial charge on any atom is -0.481 e. The predicted molar refractivity (Wildman–Crippen MR) is 78.8 cm³/mol. The molecule has 1 saturated heterocycles. The van der Waals surface area contributed by atoms with Crippen LogP contribution in [0.25, 0.3) is 5.57 Å². The number of hydrogen-bond acceptors (Lipinski definition) is 3. The van der Waals surface area contributed by atoms with Crippen molar-refractivity contribution in [3.63, 3.8) is 0 Å². The summed E-state index contributed by atoms with van der Waals surface area (Å²) in [4.78, 5) is 18.9. The molecule has 6 heteroatoms. The average Bonchev–Trinajstić information content (AvgIpc) is 2.77. The van der Waals surface area contributed by atoms with E-state index in [1.54, 1.807) is 12.1 Å². The van der Waals surface area contributed by atoms with Crippen molar-refractivity contribution >= 4 is 17.5 Å². The molecule has 2 aliphatic heterocycles. The molecule has 2 bridgehead atoms. The topological polar surface area (TPSA) is 86.6 Å². The molecule has 118 valence electrons. The zero-order chi connectivity index (χ0) is 16.1. The molecule has 2 aliphatic rings. The molecule has 0 radical (unpaired) electrons. The fourth-order valence-corrected chi connectivity index (χ4v) is 2.73. The van der Waals surface area contributed by atoms with Gasteiger partial charge in [0.25, 0.3) is 0 Å². The highest BCUT2D eigenvalue weighted by Gasteiger charge is 2.27. The number of hydrogen-bond donors (Lipinski definition) is 3. The molecule has 0 saturated carbocycles. The predicted octanol–water partition coefficient (Wildman–Crippen LogP) is 2.28. The van der Waals surface area contributed by atoms with Crippen LogP contribution in [0.15, 0.2) is 30.3 Å². The molecule has 1 fully saturated rings. The van der Waals surface area contributed by atoms with Crippen molar-refractivity contribution in [3.05, 3.63) is 41.7 Å². The van der Waals surface area contributed by atoms with Crippen LogP contribution in [-0.4, -0.2) is 34.2 Å². The van der Waals surface area contributed by atoms with Gasteiger partial charge in [-0.3, -0.25) is 9.59 Å². The van der Waals surface area contributed by atoms with Crippen molar-refractivity contribution in [2.24, 2.45) is 0 Å². The molecule has 3 N–H and O–H groups in total. The van der Waals surface area contributed by atoms with E-state index in [0.29, 0.717) is 12.1 Å². The van der Waals surface area contributed by atoms with Gasteiger partial charge in [-0.05, 0) is 42.5 Å². The van der Waals surface area contributed by atoms with Gasteiger partial charge in [-0.2, -0.15) is 0 Å². The van der Waals surface area contributed by atoms with E-state index in [0.717, 1.165) is 6.42 Å². The van der Waals surface area contributed by atoms with Crippen molar-refractivity contribution < 1.29 is 24.2 Å². The van der Waals surface area contributed by atoms with Crippen molar-refractivity contribution in [2.45, 2.75) is 37.8 Å². The van der Waals surface area contributed by atoms with E-state index in [2.05, 4.69) is 11.4 Å². The largest absolute Gasteiger partial charge is 0.481 e. The maximum absolute atomic E-state index is 12.8. The first kappa shape index (κ1) is 16.2. The smallest absolute Gasteiger partial charge is 0.314 e. The average molecular weight is 307 g/mol. The monoisotopic (exact) mass is 307 g/mol. The fourth-order valence-electron chi connectivity index (χ4n) is 2.73. The van der Waals surface area contributed by atoms with Gasteiger partial charge in [0, 0.05) is 12.1 Å². The van der Waals surface area contributed by atoms with E-state index in [-0.39, 0.29) is 5.82 Å². The Bertz CT molecular complexity index is 570. The van der Waals surface area contributed by atoms with E-state index >= 15 is 0 Å². The maximum atomic E-state index is 12.8. The quantitative estimate of drug-likeness (QED) is 0.746. The van der Waals surface area contributed by atoms with Crippen molar-refractivity contribution in [3.8, 4) is 0 Å². The van der Waals surface area contributed by atoms with Gasteiger partial charge >= 0.3 is 11.9 Å². The molecule has 1 aromatic rings. The highest BCUT2D eigenvalue weighted by Crippen LogP contribution is 2.31. The minimum atomic E-state index is -1.31. The van der Waals surface area contributed by atoms with Gasteiger partial charge < -0.3 is 15.5 Å². The van der Waals surface area contributed by atoms with E-state index in [9.17, 15) is 14.0 Å². The van der Waals surface area contributed by atoms with Crippen LogP contribution >= 0.6 is 0 Å². The van der Waals surface area contributed by atoms with Gasteiger partial charge in [0.2, 0.25) is 0 Å². The molecule has 0 spiro atoms. The molecular weight excluding hydrogens is 289 g/mol. The highest BCUT2D eigenvalue weighted by molar-refractivity contribution is 5.88. The lowest BCUT2D eigenvalue weighted by atomic mass is 9.96. The summed E-state index contributed by atoms with van der Waals surface area (Å²) in [5.41, 5.74) is 2.55. The lowest BCUT2D eigenvalue weighted by molar-refractivity contribution is -0.147. The van der Waals surface area contributed by atoms with E-state index in [1.807, 2.05) is 12.1 Å². The van der Waals surface area contributed by atoms with E-state index in [4.69, 9.17) is 10.2 Å². The second-order valence-electron chi connectivity index (χ2n) is 5.41. The number of benzene rings is 1. The number of carboxylic acids is 2. The van der Waals surface area contributed by atoms with Crippen LogP contribution < -0.4 is 5.32 Å². The summed E-state index contributed by atoms with van der Waals surface area (Å²) in [7, 11) is 0. The van der Waals surface area contributed by atoms with Crippen LogP contribution in [0.4, 0.5) is 4.39 Å². The minimum absolute atomic E-state index is 0.156. The van der Waals surface area contributed by atoms with Gasteiger partial charge in [-0.25, -0.2) is 4.39 Å². The van der Waals surface area contributed by atoms with Crippen LogP contribution in [-0.2, 0) is 9.59 Å². The maximum Gasteiger partial charge on any atom is 0.314 e. The van der Waals surface area contributed by atoms with E-state index < -0.39 is 18.4 Å². The summed E-state index contributed by atoms with van der Waals surface area (Å²) < 4.78 is 12.8. The van der Waals surface area contributed by atoms with Crippen molar-refractivity contribution in [1.82, 2.24) is 5.32 Å². The molecular formula is C16H18FNO4. The van der Waals surface area contributed by atoms with Gasteiger partial charge in [-0.15, -0.1) is 0 Å². The molecule has 22 heavy (non-hydrogen) atoms. The fraction of sp³-hybridized carbons (Fsp3) is 0.375. The Morgan fingerprint density at radius 3 is 2.27 bits per heavy atom. The summed E-state index contributed by atoms with van der Waals surface area (Å²) in [6.45, 7) is 0.